The van der Waals surface area contributed by atoms with E-state index in [1.807, 2.05) is 0 Å². The second-order valence-corrected chi connectivity index (χ2v) is 4.89. The third-order valence-corrected chi connectivity index (χ3v) is 3.44. The fraction of sp³-hybridized carbons (Fsp3) is 0.583. The number of hydrogen-bond acceptors (Lipinski definition) is 4. The molecule has 0 spiro atoms. The Kier molecular flexibility index (Phi) is 3.93. The molecule has 2 rings (SSSR count). The van der Waals surface area contributed by atoms with Crippen molar-refractivity contribution in [3.05, 3.63) is 11.9 Å². The third kappa shape index (κ3) is 2.74. The summed E-state index contributed by atoms with van der Waals surface area (Å²) in [7, 11) is 3.33. The number of carboxylic acids is 1. The van der Waals surface area contributed by atoms with Crippen molar-refractivity contribution in [1.29, 1.82) is 0 Å². The fourth-order valence-corrected chi connectivity index (χ4v) is 2.24. The van der Waals surface area contributed by atoms with Crippen molar-refractivity contribution >= 4 is 17.7 Å². The van der Waals surface area contributed by atoms with Crippen molar-refractivity contribution in [3.63, 3.8) is 0 Å². The van der Waals surface area contributed by atoms with Gasteiger partial charge in [0.15, 0.2) is 0 Å². The number of aromatic nitrogens is 2. The molecule has 0 aromatic carbocycles. The van der Waals surface area contributed by atoms with Gasteiger partial charge in [-0.15, -0.1) is 0 Å². The van der Waals surface area contributed by atoms with Gasteiger partial charge in [-0.1, -0.05) is 0 Å². The summed E-state index contributed by atoms with van der Waals surface area (Å²) in [5.41, 5.74) is 1.31. The van der Waals surface area contributed by atoms with Crippen LogP contribution in [0.3, 0.4) is 0 Å². The Morgan fingerprint density at radius 3 is 2.80 bits per heavy atom. The average molecular weight is 282 g/mol. The minimum absolute atomic E-state index is 0.129. The summed E-state index contributed by atoms with van der Waals surface area (Å²) in [5.74, 6) is -1.65. The molecule has 1 aromatic rings. The summed E-state index contributed by atoms with van der Waals surface area (Å²) >= 11 is 0. The van der Waals surface area contributed by atoms with Crippen molar-refractivity contribution in [3.8, 4) is 0 Å². The van der Waals surface area contributed by atoms with E-state index in [0.717, 1.165) is 0 Å². The Labute approximate surface area is 116 Å². The van der Waals surface area contributed by atoms with Crippen LogP contribution in [0.4, 0.5) is 10.5 Å². The normalized spacial score (nSPS) is 21.8. The number of amides is 2. The van der Waals surface area contributed by atoms with Gasteiger partial charge in [0, 0.05) is 20.3 Å². The highest BCUT2D eigenvalue weighted by Gasteiger charge is 2.38. The van der Waals surface area contributed by atoms with Gasteiger partial charge in [-0.05, 0) is 6.92 Å². The van der Waals surface area contributed by atoms with Gasteiger partial charge in [0.2, 0.25) is 0 Å². The van der Waals surface area contributed by atoms with Crippen LogP contribution in [0.25, 0.3) is 0 Å². The summed E-state index contributed by atoms with van der Waals surface area (Å²) in [6.45, 7) is 2.14. The van der Waals surface area contributed by atoms with E-state index in [1.165, 1.54) is 4.90 Å². The van der Waals surface area contributed by atoms with Crippen molar-refractivity contribution in [2.24, 2.45) is 13.0 Å². The van der Waals surface area contributed by atoms with E-state index in [4.69, 9.17) is 9.84 Å². The molecule has 0 aliphatic carbocycles. The summed E-state index contributed by atoms with van der Waals surface area (Å²) in [5, 5.41) is 16.0. The number of hydrogen-bond donors (Lipinski definition) is 2. The van der Waals surface area contributed by atoms with Gasteiger partial charge in [0.25, 0.3) is 0 Å². The second-order valence-electron chi connectivity index (χ2n) is 4.89. The lowest BCUT2D eigenvalue weighted by Gasteiger charge is -2.26. The van der Waals surface area contributed by atoms with Crippen molar-refractivity contribution in [2.45, 2.75) is 13.0 Å². The Morgan fingerprint density at radius 2 is 2.25 bits per heavy atom. The summed E-state index contributed by atoms with van der Waals surface area (Å²) in [6, 6.07) is -0.840. The largest absolute Gasteiger partial charge is 0.481 e. The number of urea groups is 1. The topological polar surface area (TPSA) is 96.7 Å². The monoisotopic (exact) mass is 282 g/mol. The van der Waals surface area contributed by atoms with Gasteiger partial charge in [0.05, 0.1) is 30.6 Å². The number of carbonyl (C=O) groups is 2. The van der Waals surface area contributed by atoms with Crippen molar-refractivity contribution < 1.29 is 19.4 Å². The molecule has 1 saturated heterocycles. The lowest BCUT2D eigenvalue weighted by atomic mass is 10.0. The molecule has 1 aliphatic rings. The zero-order valence-corrected chi connectivity index (χ0v) is 11.7. The molecule has 1 fully saturated rings. The van der Waals surface area contributed by atoms with Crippen LogP contribution in [0.2, 0.25) is 0 Å². The van der Waals surface area contributed by atoms with Crippen molar-refractivity contribution in [1.82, 2.24) is 14.7 Å². The Balaban J connectivity index is 2.05. The predicted molar refractivity (Wildman–Crippen MR) is 70.5 cm³/mol. The number of aryl methyl sites for hydroxylation is 2. The molecule has 8 nitrogen and oxygen atoms in total. The highest BCUT2D eigenvalue weighted by Crippen LogP contribution is 2.20. The van der Waals surface area contributed by atoms with Crippen molar-refractivity contribution in [2.75, 3.05) is 25.6 Å². The van der Waals surface area contributed by atoms with Crippen LogP contribution in [0.15, 0.2) is 6.20 Å². The zero-order chi connectivity index (χ0) is 14.9. The van der Waals surface area contributed by atoms with Gasteiger partial charge in [-0.25, -0.2) is 4.79 Å². The van der Waals surface area contributed by atoms with Gasteiger partial charge in [0.1, 0.15) is 5.92 Å². The number of likely N-dealkylation sites (N-methyl/N-ethyl adjacent to an activating group) is 1. The quantitative estimate of drug-likeness (QED) is 0.830. The van der Waals surface area contributed by atoms with Crippen LogP contribution in [-0.4, -0.2) is 58.1 Å². The molecule has 110 valence electrons. The van der Waals surface area contributed by atoms with E-state index in [0.29, 0.717) is 11.4 Å². The van der Waals surface area contributed by atoms with Crippen LogP contribution < -0.4 is 5.32 Å². The van der Waals surface area contributed by atoms with Crippen LogP contribution >= 0.6 is 0 Å². The maximum Gasteiger partial charge on any atom is 0.322 e. The Hall–Kier alpha value is -2.09. The maximum atomic E-state index is 12.2. The molecule has 8 heteroatoms. The Morgan fingerprint density at radius 1 is 1.55 bits per heavy atom. The molecule has 2 amide bonds. The number of ether oxygens (including phenoxy) is 1. The SMILES string of the molecule is Cc1nn(C)cc1NC(=O)N(C)C1COCC1C(=O)O. The summed E-state index contributed by atoms with van der Waals surface area (Å²) < 4.78 is 6.76. The van der Waals surface area contributed by atoms with E-state index in [-0.39, 0.29) is 19.2 Å². The van der Waals surface area contributed by atoms with Crippen LogP contribution in [0.1, 0.15) is 5.69 Å². The van der Waals surface area contributed by atoms with E-state index < -0.39 is 17.9 Å². The molecular formula is C12H18N4O4. The smallest absolute Gasteiger partial charge is 0.322 e. The minimum Gasteiger partial charge on any atom is -0.481 e. The standard InChI is InChI=1S/C12H18N4O4/c1-7-9(4-15(2)14-7)13-12(19)16(3)10-6-20-5-8(10)11(17)18/h4,8,10H,5-6H2,1-3H3,(H,13,19)(H,17,18). The number of rotatable bonds is 3. The molecule has 1 aromatic heterocycles. The lowest BCUT2D eigenvalue weighted by molar-refractivity contribution is -0.142. The average Bonchev–Trinajstić information content (AvgIpc) is 2.95. The molecule has 20 heavy (non-hydrogen) atoms. The number of nitrogens with one attached hydrogen (secondary N) is 1. The lowest BCUT2D eigenvalue weighted by Crippen LogP contribution is -2.45. The second kappa shape index (κ2) is 5.49. The Bertz CT molecular complexity index is 528. The van der Waals surface area contributed by atoms with Gasteiger partial charge < -0.3 is 20.1 Å². The first-order valence-corrected chi connectivity index (χ1v) is 6.24. The zero-order valence-electron chi connectivity index (χ0n) is 11.7. The van der Waals surface area contributed by atoms with Crippen LogP contribution in [0, 0.1) is 12.8 Å². The van der Waals surface area contributed by atoms with Gasteiger partial charge in [-0.3, -0.25) is 9.48 Å². The third-order valence-electron chi connectivity index (χ3n) is 3.44. The number of nitrogens with zero attached hydrogens (tertiary/aromatic N) is 3. The number of carboxylic acid groups (broad SMARTS) is 1. The highest BCUT2D eigenvalue weighted by molar-refractivity contribution is 5.90. The van der Waals surface area contributed by atoms with Gasteiger partial charge >= 0.3 is 12.0 Å². The molecule has 2 unspecified atom stereocenters. The van der Waals surface area contributed by atoms with E-state index in [1.54, 1.807) is 31.9 Å². The number of carbonyl (C=O) groups excluding carboxylic acids is 1. The van der Waals surface area contributed by atoms with Gasteiger partial charge in [-0.2, -0.15) is 5.10 Å². The first kappa shape index (κ1) is 14.3. The number of aliphatic carboxylic acids is 1. The molecule has 0 bridgehead atoms. The fourth-order valence-electron chi connectivity index (χ4n) is 2.24. The number of anilines is 1. The summed E-state index contributed by atoms with van der Waals surface area (Å²) in [4.78, 5) is 24.6. The van der Waals surface area contributed by atoms with E-state index >= 15 is 0 Å². The highest BCUT2D eigenvalue weighted by atomic mass is 16.5. The van der Waals surface area contributed by atoms with Crippen LogP contribution in [0.5, 0.6) is 0 Å². The van der Waals surface area contributed by atoms with E-state index in [9.17, 15) is 9.59 Å². The molecule has 0 saturated carbocycles. The summed E-state index contributed by atoms with van der Waals surface area (Å²) in [6.07, 6.45) is 1.70. The maximum absolute atomic E-state index is 12.2. The molecule has 0 radical (unpaired) electrons. The first-order valence-electron chi connectivity index (χ1n) is 6.24. The van der Waals surface area contributed by atoms with E-state index in [2.05, 4.69) is 10.4 Å². The minimum atomic E-state index is -0.954. The molecule has 2 N–H and O–H groups in total. The first-order chi connectivity index (χ1) is 9.40. The molecule has 2 heterocycles. The molecular weight excluding hydrogens is 264 g/mol. The predicted octanol–water partition coefficient (Wildman–Crippen LogP) is 0.292. The molecule has 1 aliphatic heterocycles. The molecule has 2 atom stereocenters. The van der Waals surface area contributed by atoms with Crippen LogP contribution in [-0.2, 0) is 16.6 Å².